The number of hydrogen-bond donors (Lipinski definition) is 0. The van der Waals surface area contributed by atoms with Crippen molar-refractivity contribution in [1.82, 2.24) is 0 Å². The molecular weight excluding hydrogens is 313 g/mol. The Morgan fingerprint density at radius 1 is 1.05 bits per heavy atom. The fraction of sp³-hybridized carbons (Fsp3) is 0.0833. The van der Waals surface area contributed by atoms with Gasteiger partial charge in [0.1, 0.15) is 5.75 Å². The van der Waals surface area contributed by atoms with Crippen LogP contribution in [0.1, 0.15) is 10.4 Å². The average Bonchev–Trinajstić information content (AvgIpc) is 2.36. The molecule has 2 aromatic carbocycles. The summed E-state index contributed by atoms with van der Waals surface area (Å²) in [5, 5.41) is 11.4. The fourth-order valence-corrected chi connectivity index (χ4v) is 2.03. The lowest BCUT2D eigenvalue weighted by Gasteiger charge is -2.10. The van der Waals surface area contributed by atoms with Gasteiger partial charge in [-0.15, -0.1) is 0 Å². The molecule has 9 heteroatoms. The van der Waals surface area contributed by atoms with E-state index in [4.69, 9.17) is 0 Å². The van der Waals surface area contributed by atoms with Gasteiger partial charge in [-0.25, -0.2) is 0 Å². The molecule has 0 saturated heterocycles. The van der Waals surface area contributed by atoms with Gasteiger partial charge >= 0.3 is 15.6 Å². The normalized spacial score (nSPS) is 12.3. The molecule has 0 spiro atoms. The quantitative estimate of drug-likeness (QED) is 0.631. The van der Waals surface area contributed by atoms with E-state index in [9.17, 15) is 31.5 Å². The highest BCUT2D eigenvalue weighted by Crippen LogP contribution is 2.29. The van der Waals surface area contributed by atoms with Crippen molar-refractivity contribution in [2.45, 2.75) is 5.51 Å². The fourth-order valence-electron chi connectivity index (χ4n) is 1.58. The monoisotopic (exact) mass is 319 g/mol. The minimum absolute atomic E-state index is 0.196. The Balaban J connectivity index is 2.45. The predicted octanol–water partition coefficient (Wildman–Crippen LogP) is 1.43. The first-order valence-electron chi connectivity index (χ1n) is 5.36. The number of carboxylic acid groups (broad SMARTS) is 1. The molecule has 0 amide bonds. The largest absolute Gasteiger partial charge is 0.545 e. The number of aromatic carboxylic acids is 1. The van der Waals surface area contributed by atoms with Crippen molar-refractivity contribution in [2.75, 3.05) is 0 Å². The summed E-state index contributed by atoms with van der Waals surface area (Å²) >= 11 is 0. The van der Waals surface area contributed by atoms with Gasteiger partial charge in [0.2, 0.25) is 0 Å². The number of rotatable bonds is 3. The first kappa shape index (κ1) is 15.1. The summed E-state index contributed by atoms with van der Waals surface area (Å²) in [6, 6.07) is 7.12. The van der Waals surface area contributed by atoms with E-state index in [1.54, 1.807) is 0 Å². The molecule has 0 saturated carbocycles. The van der Waals surface area contributed by atoms with Crippen molar-refractivity contribution in [3.63, 3.8) is 0 Å². The molecule has 5 nitrogen and oxygen atoms in total. The Morgan fingerprint density at radius 3 is 2.24 bits per heavy atom. The van der Waals surface area contributed by atoms with Crippen LogP contribution in [-0.4, -0.2) is 19.9 Å². The molecule has 2 rings (SSSR count). The molecule has 0 aliphatic carbocycles. The standard InChI is InChI=1S/C12H7F3O5S/c13-12(14,15)21(18,19)20-10-4-3-7-1-2-8(11(16)17)5-9(7)6-10/h1-6H,(H,16,17)/p-1. The number of alkyl halides is 3. The molecule has 0 aromatic heterocycles. The molecule has 0 aliphatic heterocycles. The number of carbonyl (C=O) groups excluding carboxylic acids is 1. The van der Waals surface area contributed by atoms with Crippen LogP contribution in [0.4, 0.5) is 13.2 Å². The van der Waals surface area contributed by atoms with Crippen LogP contribution in [-0.2, 0) is 10.1 Å². The molecule has 112 valence electrons. The summed E-state index contributed by atoms with van der Waals surface area (Å²) in [5.41, 5.74) is -5.74. The van der Waals surface area contributed by atoms with E-state index in [1.165, 1.54) is 18.2 Å². The summed E-state index contributed by atoms with van der Waals surface area (Å²) in [5.74, 6) is -2.04. The predicted molar refractivity (Wildman–Crippen MR) is 63.9 cm³/mol. The van der Waals surface area contributed by atoms with Crippen LogP contribution in [0.2, 0.25) is 0 Å². The molecular formula is C12H6F3O5S-. The molecule has 21 heavy (non-hydrogen) atoms. The maximum absolute atomic E-state index is 12.2. The smallest absolute Gasteiger partial charge is 0.534 e. The van der Waals surface area contributed by atoms with E-state index < -0.39 is 27.3 Å². The van der Waals surface area contributed by atoms with E-state index >= 15 is 0 Å². The van der Waals surface area contributed by atoms with E-state index in [1.807, 2.05) is 0 Å². The van der Waals surface area contributed by atoms with Crippen LogP contribution in [0.5, 0.6) is 5.75 Å². The summed E-state index contributed by atoms with van der Waals surface area (Å²) in [6.45, 7) is 0. The maximum Gasteiger partial charge on any atom is 0.534 e. The van der Waals surface area contributed by atoms with Crippen molar-refractivity contribution in [1.29, 1.82) is 0 Å². The number of hydrogen-bond acceptors (Lipinski definition) is 5. The molecule has 2 aromatic rings. The molecule has 0 atom stereocenters. The number of benzene rings is 2. The third-order valence-electron chi connectivity index (χ3n) is 2.54. The van der Waals surface area contributed by atoms with Gasteiger partial charge in [-0.2, -0.15) is 21.6 Å². The van der Waals surface area contributed by atoms with Gasteiger partial charge in [-0.05, 0) is 34.5 Å². The Bertz CT molecular complexity index is 811. The van der Waals surface area contributed by atoms with Gasteiger partial charge in [0.15, 0.2) is 0 Å². The molecule has 0 unspecified atom stereocenters. The molecule has 0 bridgehead atoms. The second-order valence-corrected chi connectivity index (χ2v) is 5.53. The zero-order valence-electron chi connectivity index (χ0n) is 10.0. The van der Waals surface area contributed by atoms with Crippen LogP contribution in [0.3, 0.4) is 0 Å². The highest BCUT2D eigenvalue weighted by Gasteiger charge is 2.48. The second-order valence-electron chi connectivity index (χ2n) is 3.99. The van der Waals surface area contributed by atoms with Crippen LogP contribution in [0.25, 0.3) is 10.8 Å². The van der Waals surface area contributed by atoms with Crippen molar-refractivity contribution >= 4 is 26.9 Å². The minimum atomic E-state index is -5.77. The van der Waals surface area contributed by atoms with Crippen molar-refractivity contribution in [2.24, 2.45) is 0 Å². The lowest BCUT2D eigenvalue weighted by molar-refractivity contribution is -0.255. The Morgan fingerprint density at radius 2 is 1.67 bits per heavy atom. The highest BCUT2D eigenvalue weighted by atomic mass is 32.2. The number of carbonyl (C=O) groups is 1. The van der Waals surface area contributed by atoms with E-state index in [2.05, 4.69) is 4.18 Å². The molecule has 0 radical (unpaired) electrons. The Hall–Kier alpha value is -2.29. The van der Waals surface area contributed by atoms with Crippen molar-refractivity contribution in [3.05, 3.63) is 42.0 Å². The van der Waals surface area contributed by atoms with Crippen molar-refractivity contribution < 1.29 is 35.7 Å². The number of fused-ring (bicyclic) bond motifs is 1. The summed E-state index contributed by atoms with van der Waals surface area (Å²) in [7, 11) is -5.77. The van der Waals surface area contributed by atoms with Gasteiger partial charge in [-0.3, -0.25) is 0 Å². The Labute approximate surface area is 116 Å². The third-order valence-corrected chi connectivity index (χ3v) is 3.52. The van der Waals surface area contributed by atoms with E-state index in [-0.39, 0.29) is 10.9 Å². The molecule has 0 aliphatic rings. The van der Waals surface area contributed by atoms with Crippen LogP contribution >= 0.6 is 0 Å². The molecule has 0 heterocycles. The zero-order chi connectivity index (χ0) is 15.8. The summed E-state index contributed by atoms with van der Waals surface area (Å²) < 4.78 is 62.3. The minimum Gasteiger partial charge on any atom is -0.545 e. The van der Waals surface area contributed by atoms with Crippen molar-refractivity contribution in [3.8, 4) is 5.75 Å². The van der Waals surface area contributed by atoms with Gasteiger partial charge < -0.3 is 14.1 Å². The topological polar surface area (TPSA) is 83.5 Å². The van der Waals surface area contributed by atoms with Crippen LogP contribution in [0.15, 0.2) is 36.4 Å². The summed E-state index contributed by atoms with van der Waals surface area (Å²) in [6.07, 6.45) is 0. The van der Waals surface area contributed by atoms with Gasteiger partial charge in [-0.1, -0.05) is 18.2 Å². The van der Waals surface area contributed by atoms with Gasteiger partial charge in [0.05, 0.1) is 5.97 Å². The first-order chi connectivity index (χ1) is 9.60. The van der Waals surface area contributed by atoms with E-state index in [0.29, 0.717) is 5.39 Å². The Kier molecular flexibility index (Phi) is 3.54. The average molecular weight is 319 g/mol. The lowest BCUT2D eigenvalue weighted by Crippen LogP contribution is -2.28. The van der Waals surface area contributed by atoms with E-state index in [0.717, 1.165) is 18.2 Å². The zero-order valence-corrected chi connectivity index (χ0v) is 10.9. The van der Waals surface area contributed by atoms with Gasteiger partial charge in [0.25, 0.3) is 0 Å². The summed E-state index contributed by atoms with van der Waals surface area (Å²) in [4.78, 5) is 10.7. The second kappa shape index (κ2) is 4.92. The number of halogens is 3. The highest BCUT2D eigenvalue weighted by molar-refractivity contribution is 7.88. The van der Waals surface area contributed by atoms with Gasteiger partial charge in [0, 0.05) is 0 Å². The SMILES string of the molecule is O=C([O-])c1ccc2ccc(OS(=O)(=O)C(F)(F)F)cc2c1. The van der Waals surface area contributed by atoms with Crippen LogP contribution in [0, 0.1) is 0 Å². The lowest BCUT2D eigenvalue weighted by atomic mass is 10.1. The molecule has 0 N–H and O–H groups in total. The molecule has 0 fully saturated rings. The third kappa shape index (κ3) is 3.07. The number of carboxylic acids is 1. The maximum atomic E-state index is 12.2. The van der Waals surface area contributed by atoms with Crippen LogP contribution < -0.4 is 9.29 Å². The first-order valence-corrected chi connectivity index (χ1v) is 6.77.